The zero-order valence-electron chi connectivity index (χ0n) is 16.6. The van der Waals surface area contributed by atoms with E-state index in [1.165, 1.54) is 18.2 Å². The van der Waals surface area contributed by atoms with Crippen LogP contribution in [0.15, 0.2) is 24.3 Å². The molecule has 2 heterocycles. The topological polar surface area (TPSA) is 50.2 Å². The number of likely N-dealkylation sites (tertiary alicyclic amines) is 1. The van der Waals surface area contributed by atoms with Crippen molar-refractivity contribution in [2.75, 3.05) is 19.6 Å². The number of hydrogen-bond donors (Lipinski definition) is 1. The minimum atomic E-state index is -0.142. The number of rotatable bonds is 5. The van der Waals surface area contributed by atoms with Gasteiger partial charge < -0.3 is 10.2 Å². The Morgan fingerprint density at radius 1 is 1.25 bits per heavy atom. The predicted octanol–water partition coefficient (Wildman–Crippen LogP) is 2.87. The summed E-state index contributed by atoms with van der Waals surface area (Å²) in [6.45, 7) is 2.42. The van der Waals surface area contributed by atoms with Gasteiger partial charge in [-0.25, -0.2) is 4.39 Å². The molecule has 1 atom stereocenters. The molecule has 1 unspecified atom stereocenters. The summed E-state index contributed by atoms with van der Waals surface area (Å²) in [4.78, 5) is 15.0. The molecule has 5 nitrogen and oxygen atoms in total. The highest BCUT2D eigenvalue weighted by Gasteiger charge is 2.30. The monoisotopic (exact) mass is 384 g/mol. The SMILES string of the molecule is Cn1nc(C(=O)N2CCCCC2)c2c1CCC(NCCc1ccccc1F)C2. The van der Waals surface area contributed by atoms with E-state index in [9.17, 15) is 9.18 Å². The molecule has 0 bridgehead atoms. The molecule has 1 N–H and O–H groups in total. The summed E-state index contributed by atoms with van der Waals surface area (Å²) < 4.78 is 15.7. The van der Waals surface area contributed by atoms with Crippen LogP contribution >= 0.6 is 0 Å². The quantitative estimate of drug-likeness (QED) is 0.862. The van der Waals surface area contributed by atoms with Crippen LogP contribution in [0.1, 0.15) is 53.0 Å². The summed E-state index contributed by atoms with van der Waals surface area (Å²) in [5.41, 5.74) is 3.68. The Balaban J connectivity index is 1.41. The Bertz CT molecular complexity index is 841. The lowest BCUT2D eigenvalue weighted by molar-refractivity contribution is 0.0716. The maximum Gasteiger partial charge on any atom is 0.274 e. The fourth-order valence-corrected chi connectivity index (χ4v) is 4.49. The summed E-state index contributed by atoms with van der Waals surface area (Å²) in [5, 5.41) is 8.15. The van der Waals surface area contributed by atoms with E-state index < -0.39 is 0 Å². The minimum absolute atomic E-state index is 0.0866. The first kappa shape index (κ1) is 19.1. The number of nitrogens with one attached hydrogen (secondary N) is 1. The van der Waals surface area contributed by atoms with Crippen LogP contribution in [0, 0.1) is 5.82 Å². The van der Waals surface area contributed by atoms with Gasteiger partial charge in [-0.2, -0.15) is 5.10 Å². The van der Waals surface area contributed by atoms with Crippen molar-refractivity contribution in [2.24, 2.45) is 7.05 Å². The lowest BCUT2D eigenvalue weighted by Gasteiger charge is -2.27. The van der Waals surface area contributed by atoms with Gasteiger partial charge in [0, 0.05) is 37.4 Å². The molecule has 0 radical (unpaired) electrons. The fraction of sp³-hybridized carbons (Fsp3) is 0.545. The molecule has 1 aliphatic heterocycles. The lowest BCUT2D eigenvalue weighted by Crippen LogP contribution is -2.38. The highest BCUT2D eigenvalue weighted by Crippen LogP contribution is 2.26. The van der Waals surface area contributed by atoms with Crippen molar-refractivity contribution in [3.63, 3.8) is 0 Å². The number of aryl methyl sites for hydroxylation is 1. The maximum atomic E-state index is 13.8. The van der Waals surface area contributed by atoms with Crippen molar-refractivity contribution in [1.82, 2.24) is 20.0 Å². The van der Waals surface area contributed by atoms with Crippen LogP contribution in [-0.4, -0.2) is 46.3 Å². The van der Waals surface area contributed by atoms with Gasteiger partial charge >= 0.3 is 0 Å². The number of halogens is 1. The third-order valence-corrected chi connectivity index (χ3v) is 6.09. The molecular weight excluding hydrogens is 355 g/mol. The standard InChI is InChI=1S/C22H29FN4O/c1-26-20-10-9-17(24-12-11-16-7-3-4-8-19(16)23)15-18(20)21(25-26)22(28)27-13-5-2-6-14-27/h3-4,7-8,17,24H,2,5-6,9-15H2,1H3. The van der Waals surface area contributed by atoms with Gasteiger partial charge in [0.1, 0.15) is 5.82 Å². The predicted molar refractivity (Wildman–Crippen MR) is 107 cm³/mol. The van der Waals surface area contributed by atoms with Gasteiger partial charge in [0.15, 0.2) is 5.69 Å². The zero-order chi connectivity index (χ0) is 19.5. The smallest absolute Gasteiger partial charge is 0.274 e. The van der Waals surface area contributed by atoms with Gasteiger partial charge in [-0.05, 0) is 63.1 Å². The molecule has 2 aliphatic rings. The van der Waals surface area contributed by atoms with Gasteiger partial charge in [0.05, 0.1) is 0 Å². The van der Waals surface area contributed by atoms with Crippen LogP contribution in [0.4, 0.5) is 4.39 Å². The number of fused-ring (bicyclic) bond motifs is 1. The summed E-state index contributed by atoms with van der Waals surface area (Å²) in [7, 11) is 1.94. The third kappa shape index (κ3) is 3.97. The average molecular weight is 384 g/mol. The van der Waals surface area contributed by atoms with E-state index >= 15 is 0 Å². The molecule has 1 aliphatic carbocycles. The Kier molecular flexibility index (Phi) is 5.76. The second-order valence-electron chi connectivity index (χ2n) is 7.99. The molecule has 1 fully saturated rings. The van der Waals surface area contributed by atoms with Gasteiger partial charge in [-0.15, -0.1) is 0 Å². The Hall–Kier alpha value is -2.21. The molecule has 0 saturated carbocycles. The summed E-state index contributed by atoms with van der Waals surface area (Å²) in [6, 6.07) is 7.25. The van der Waals surface area contributed by atoms with Gasteiger partial charge in [-0.3, -0.25) is 9.48 Å². The van der Waals surface area contributed by atoms with Crippen LogP contribution < -0.4 is 5.32 Å². The Labute approximate surface area is 165 Å². The highest BCUT2D eigenvalue weighted by molar-refractivity contribution is 5.94. The summed E-state index contributed by atoms with van der Waals surface area (Å²) >= 11 is 0. The Morgan fingerprint density at radius 2 is 2.04 bits per heavy atom. The highest BCUT2D eigenvalue weighted by atomic mass is 19.1. The van der Waals surface area contributed by atoms with Gasteiger partial charge in [0.2, 0.25) is 0 Å². The number of piperidine rings is 1. The van der Waals surface area contributed by atoms with E-state index in [0.717, 1.165) is 62.9 Å². The van der Waals surface area contributed by atoms with Crippen LogP contribution in [0.25, 0.3) is 0 Å². The number of carbonyl (C=O) groups excluding carboxylic acids is 1. The van der Waals surface area contributed by atoms with Crippen LogP contribution in [-0.2, 0) is 26.3 Å². The van der Waals surface area contributed by atoms with E-state index in [0.29, 0.717) is 18.2 Å². The fourth-order valence-electron chi connectivity index (χ4n) is 4.49. The largest absolute Gasteiger partial charge is 0.337 e. The van der Waals surface area contributed by atoms with Crippen LogP contribution in [0.3, 0.4) is 0 Å². The maximum absolute atomic E-state index is 13.8. The van der Waals surface area contributed by atoms with Crippen molar-refractivity contribution in [2.45, 2.75) is 51.0 Å². The molecular formula is C22H29FN4O. The first-order valence-corrected chi connectivity index (χ1v) is 10.4. The molecule has 0 spiro atoms. The van der Waals surface area contributed by atoms with Crippen LogP contribution in [0.5, 0.6) is 0 Å². The molecule has 2 aromatic rings. The number of nitrogens with zero attached hydrogens (tertiary/aromatic N) is 3. The molecule has 1 saturated heterocycles. The summed E-state index contributed by atoms with van der Waals surface area (Å²) in [5.74, 6) is -0.0551. The molecule has 150 valence electrons. The number of aromatic nitrogens is 2. The van der Waals surface area contributed by atoms with Gasteiger partial charge in [-0.1, -0.05) is 18.2 Å². The Morgan fingerprint density at radius 3 is 2.82 bits per heavy atom. The normalized spacial score (nSPS) is 19.5. The molecule has 1 aromatic heterocycles. The van der Waals surface area contributed by atoms with Crippen LogP contribution in [0.2, 0.25) is 0 Å². The van der Waals surface area contributed by atoms with E-state index in [1.54, 1.807) is 6.07 Å². The van der Waals surface area contributed by atoms with E-state index in [1.807, 2.05) is 28.8 Å². The van der Waals surface area contributed by atoms with E-state index in [2.05, 4.69) is 10.4 Å². The number of amides is 1. The second-order valence-corrected chi connectivity index (χ2v) is 7.99. The molecule has 6 heteroatoms. The first-order chi connectivity index (χ1) is 13.6. The molecule has 1 amide bonds. The number of benzene rings is 1. The first-order valence-electron chi connectivity index (χ1n) is 10.4. The molecule has 1 aromatic carbocycles. The summed E-state index contributed by atoms with van der Waals surface area (Å²) in [6.07, 6.45) is 6.79. The van der Waals surface area contributed by atoms with E-state index in [-0.39, 0.29) is 11.7 Å². The van der Waals surface area contributed by atoms with E-state index in [4.69, 9.17) is 0 Å². The second kappa shape index (κ2) is 8.43. The molecule has 4 rings (SSSR count). The van der Waals surface area contributed by atoms with Crippen molar-refractivity contribution in [3.05, 3.63) is 52.6 Å². The van der Waals surface area contributed by atoms with Crippen molar-refractivity contribution in [3.8, 4) is 0 Å². The van der Waals surface area contributed by atoms with Crippen molar-refractivity contribution in [1.29, 1.82) is 0 Å². The molecule has 28 heavy (non-hydrogen) atoms. The zero-order valence-corrected chi connectivity index (χ0v) is 16.6. The minimum Gasteiger partial charge on any atom is -0.337 e. The van der Waals surface area contributed by atoms with Gasteiger partial charge in [0.25, 0.3) is 5.91 Å². The lowest BCUT2D eigenvalue weighted by atomic mass is 9.90. The third-order valence-electron chi connectivity index (χ3n) is 6.09. The van der Waals surface area contributed by atoms with Crippen molar-refractivity contribution >= 4 is 5.91 Å². The number of carbonyl (C=O) groups is 1. The van der Waals surface area contributed by atoms with Crippen molar-refractivity contribution < 1.29 is 9.18 Å². The number of hydrogen-bond acceptors (Lipinski definition) is 3. The average Bonchev–Trinajstić information content (AvgIpc) is 3.05.